The number of amides is 1. The molecule has 0 aromatic heterocycles. The number of carbonyl (C=O) groups excluding carboxylic acids is 2. The minimum Gasteiger partial charge on any atom is -0.469 e. The van der Waals surface area contributed by atoms with Crippen LogP contribution in [0.1, 0.15) is 44.9 Å². The van der Waals surface area contributed by atoms with Crippen LogP contribution in [0.25, 0.3) is 0 Å². The average molecular weight is 227 g/mol. The van der Waals surface area contributed by atoms with Gasteiger partial charge in [0.25, 0.3) is 0 Å². The highest BCUT2D eigenvalue weighted by atomic mass is 16.5. The van der Waals surface area contributed by atoms with Gasteiger partial charge in [-0.15, -0.1) is 0 Å². The zero-order valence-electron chi connectivity index (χ0n) is 9.96. The molecule has 4 heteroatoms. The summed E-state index contributed by atoms with van der Waals surface area (Å²) in [4.78, 5) is 22.2. The molecule has 0 heterocycles. The summed E-state index contributed by atoms with van der Waals surface area (Å²) in [5.74, 6) is 0.264. The number of hydrogen-bond acceptors (Lipinski definition) is 3. The second-order valence-electron chi connectivity index (χ2n) is 4.38. The van der Waals surface area contributed by atoms with Crippen molar-refractivity contribution in [3.8, 4) is 0 Å². The maximum absolute atomic E-state index is 11.4. The Labute approximate surface area is 96.7 Å². The highest BCUT2D eigenvalue weighted by molar-refractivity contribution is 5.81. The minimum atomic E-state index is -0.326. The maximum Gasteiger partial charge on any atom is 0.306 e. The van der Waals surface area contributed by atoms with E-state index in [-0.39, 0.29) is 24.7 Å². The number of methoxy groups -OCH3 is 1. The molecule has 92 valence electrons. The van der Waals surface area contributed by atoms with Crippen molar-refractivity contribution >= 4 is 11.9 Å². The average Bonchev–Trinajstić information content (AvgIpc) is 2.34. The number of rotatable bonds is 5. The van der Waals surface area contributed by atoms with Crippen LogP contribution in [-0.4, -0.2) is 25.5 Å². The van der Waals surface area contributed by atoms with Gasteiger partial charge in [0.05, 0.1) is 13.5 Å². The standard InChI is InChI=1S/C12H21NO3/c1-16-12(15)8-7-11(14)13-9-10-5-3-2-4-6-10/h10H,2-9H2,1H3,(H,13,14). The topological polar surface area (TPSA) is 55.4 Å². The van der Waals surface area contributed by atoms with Gasteiger partial charge in [-0.3, -0.25) is 9.59 Å². The molecule has 1 rings (SSSR count). The summed E-state index contributed by atoms with van der Waals surface area (Å²) >= 11 is 0. The number of ether oxygens (including phenoxy) is 1. The molecule has 0 saturated heterocycles. The Morgan fingerprint density at radius 2 is 1.88 bits per heavy atom. The molecule has 0 spiro atoms. The summed E-state index contributed by atoms with van der Waals surface area (Å²) in [5, 5.41) is 2.89. The van der Waals surface area contributed by atoms with Crippen molar-refractivity contribution in [2.45, 2.75) is 44.9 Å². The third kappa shape index (κ3) is 5.14. The molecule has 1 aliphatic rings. The molecule has 1 amide bonds. The van der Waals surface area contributed by atoms with E-state index in [0.29, 0.717) is 5.92 Å². The van der Waals surface area contributed by atoms with Crippen LogP contribution in [0.2, 0.25) is 0 Å². The fourth-order valence-corrected chi connectivity index (χ4v) is 2.06. The van der Waals surface area contributed by atoms with Gasteiger partial charge in [-0.2, -0.15) is 0 Å². The van der Waals surface area contributed by atoms with Crippen molar-refractivity contribution in [1.82, 2.24) is 5.32 Å². The first-order valence-electron chi connectivity index (χ1n) is 6.06. The summed E-state index contributed by atoms with van der Waals surface area (Å²) in [6.45, 7) is 0.764. The second-order valence-corrected chi connectivity index (χ2v) is 4.38. The van der Waals surface area contributed by atoms with Crippen LogP contribution in [0.15, 0.2) is 0 Å². The maximum atomic E-state index is 11.4. The van der Waals surface area contributed by atoms with E-state index in [2.05, 4.69) is 10.1 Å². The summed E-state index contributed by atoms with van der Waals surface area (Å²) in [6, 6.07) is 0. The Kier molecular flexibility index (Phi) is 5.90. The van der Waals surface area contributed by atoms with Gasteiger partial charge in [-0.1, -0.05) is 19.3 Å². The Hall–Kier alpha value is -1.06. The summed E-state index contributed by atoms with van der Waals surface area (Å²) in [5.41, 5.74) is 0. The van der Waals surface area contributed by atoms with Crippen molar-refractivity contribution in [1.29, 1.82) is 0 Å². The summed E-state index contributed by atoms with van der Waals surface area (Å²) in [7, 11) is 1.34. The molecule has 0 aromatic rings. The number of esters is 1. The quantitative estimate of drug-likeness (QED) is 0.726. The lowest BCUT2D eigenvalue weighted by Crippen LogP contribution is -2.30. The van der Waals surface area contributed by atoms with Gasteiger partial charge in [0.15, 0.2) is 0 Å². The van der Waals surface area contributed by atoms with E-state index in [9.17, 15) is 9.59 Å². The Bertz CT molecular complexity index is 234. The molecule has 16 heavy (non-hydrogen) atoms. The predicted octanol–water partition coefficient (Wildman–Crippen LogP) is 1.64. The lowest BCUT2D eigenvalue weighted by atomic mass is 9.89. The molecular weight excluding hydrogens is 206 g/mol. The first kappa shape index (κ1) is 13.0. The highest BCUT2D eigenvalue weighted by Gasteiger charge is 2.14. The molecule has 1 fully saturated rings. The lowest BCUT2D eigenvalue weighted by Gasteiger charge is -2.21. The number of nitrogens with one attached hydrogen (secondary N) is 1. The van der Waals surface area contributed by atoms with Gasteiger partial charge in [0.2, 0.25) is 5.91 Å². The van der Waals surface area contributed by atoms with E-state index in [1.807, 2.05) is 0 Å². The van der Waals surface area contributed by atoms with Gasteiger partial charge < -0.3 is 10.1 Å². The van der Waals surface area contributed by atoms with Gasteiger partial charge in [0.1, 0.15) is 0 Å². The van der Waals surface area contributed by atoms with E-state index in [4.69, 9.17) is 0 Å². The second kappa shape index (κ2) is 7.25. The molecule has 0 bridgehead atoms. The Morgan fingerprint density at radius 3 is 2.50 bits per heavy atom. The first-order valence-corrected chi connectivity index (χ1v) is 6.06. The van der Waals surface area contributed by atoms with E-state index < -0.39 is 0 Å². The fourth-order valence-electron chi connectivity index (χ4n) is 2.06. The molecule has 0 unspecified atom stereocenters. The summed E-state index contributed by atoms with van der Waals surface area (Å²) < 4.78 is 4.48. The van der Waals surface area contributed by atoms with Crippen LogP contribution >= 0.6 is 0 Å². The van der Waals surface area contributed by atoms with Crippen molar-refractivity contribution in [3.63, 3.8) is 0 Å². The first-order chi connectivity index (χ1) is 7.72. The molecule has 0 aliphatic heterocycles. The predicted molar refractivity (Wildman–Crippen MR) is 60.8 cm³/mol. The minimum absolute atomic E-state index is 0.0454. The fraction of sp³-hybridized carbons (Fsp3) is 0.833. The van der Waals surface area contributed by atoms with Crippen LogP contribution < -0.4 is 5.32 Å². The van der Waals surface area contributed by atoms with Crippen molar-refractivity contribution in [3.05, 3.63) is 0 Å². The molecule has 1 aliphatic carbocycles. The van der Waals surface area contributed by atoms with Crippen LogP contribution in [0.3, 0.4) is 0 Å². The summed E-state index contributed by atoms with van der Waals surface area (Å²) in [6.07, 6.45) is 6.74. The zero-order valence-corrected chi connectivity index (χ0v) is 9.96. The van der Waals surface area contributed by atoms with E-state index in [1.165, 1.54) is 39.2 Å². The smallest absolute Gasteiger partial charge is 0.306 e. The number of hydrogen-bond donors (Lipinski definition) is 1. The van der Waals surface area contributed by atoms with Gasteiger partial charge in [-0.25, -0.2) is 0 Å². The van der Waals surface area contributed by atoms with E-state index >= 15 is 0 Å². The molecule has 0 radical (unpaired) electrons. The van der Waals surface area contributed by atoms with Gasteiger partial charge >= 0.3 is 5.97 Å². The van der Waals surface area contributed by atoms with Crippen molar-refractivity contribution < 1.29 is 14.3 Å². The SMILES string of the molecule is COC(=O)CCC(=O)NCC1CCCCC1. The zero-order chi connectivity index (χ0) is 11.8. The normalized spacial score (nSPS) is 16.8. The van der Waals surface area contributed by atoms with E-state index in [1.54, 1.807) is 0 Å². The molecule has 1 N–H and O–H groups in total. The van der Waals surface area contributed by atoms with E-state index in [0.717, 1.165) is 6.54 Å². The molecular formula is C12H21NO3. The highest BCUT2D eigenvalue weighted by Crippen LogP contribution is 2.22. The third-order valence-corrected chi connectivity index (χ3v) is 3.10. The lowest BCUT2D eigenvalue weighted by molar-refractivity contribution is -0.142. The van der Waals surface area contributed by atoms with Crippen molar-refractivity contribution in [2.75, 3.05) is 13.7 Å². The van der Waals surface area contributed by atoms with Crippen molar-refractivity contribution in [2.24, 2.45) is 5.92 Å². The Morgan fingerprint density at radius 1 is 1.19 bits per heavy atom. The third-order valence-electron chi connectivity index (χ3n) is 3.10. The van der Waals surface area contributed by atoms with Gasteiger partial charge in [0, 0.05) is 13.0 Å². The van der Waals surface area contributed by atoms with Gasteiger partial charge in [-0.05, 0) is 18.8 Å². The molecule has 0 aromatic carbocycles. The van der Waals surface area contributed by atoms with Crippen LogP contribution in [0.5, 0.6) is 0 Å². The molecule has 1 saturated carbocycles. The Balaban J connectivity index is 2.07. The molecule has 4 nitrogen and oxygen atoms in total. The van der Waals surface area contributed by atoms with Crippen LogP contribution in [-0.2, 0) is 14.3 Å². The van der Waals surface area contributed by atoms with Crippen LogP contribution in [0, 0.1) is 5.92 Å². The monoisotopic (exact) mass is 227 g/mol. The van der Waals surface area contributed by atoms with Crippen LogP contribution in [0.4, 0.5) is 0 Å². The largest absolute Gasteiger partial charge is 0.469 e. The molecule has 0 atom stereocenters. The number of carbonyl (C=O) groups is 2.